The number of rotatable bonds is 6. The van der Waals surface area contributed by atoms with Crippen molar-refractivity contribution in [2.75, 3.05) is 20.3 Å². The minimum absolute atomic E-state index is 0. The molecule has 0 amide bonds. The van der Waals surface area contributed by atoms with E-state index in [1.165, 1.54) is 12.1 Å². The fraction of sp³-hybridized carbons (Fsp3) is 0.400. The van der Waals surface area contributed by atoms with Crippen molar-refractivity contribution in [3.8, 4) is 0 Å². The number of hydrogen-bond donors (Lipinski definition) is 3. The predicted octanol–water partition coefficient (Wildman–Crippen LogP) is 2.41. The number of ether oxygens (including phenoxy) is 1. The van der Waals surface area contributed by atoms with Crippen molar-refractivity contribution in [3.05, 3.63) is 35.8 Å². The average Bonchev–Trinajstić information content (AvgIpc) is 2.81. The van der Waals surface area contributed by atoms with E-state index in [0.717, 1.165) is 22.9 Å². The highest BCUT2D eigenvalue weighted by Crippen LogP contribution is 2.19. The number of aliphatic imine (C=N–C) groups is 1. The van der Waals surface area contributed by atoms with Crippen LogP contribution in [0.15, 0.2) is 29.4 Å². The molecule has 0 aliphatic carbocycles. The molecular weight excluding hydrogens is 398 g/mol. The van der Waals surface area contributed by atoms with Gasteiger partial charge in [-0.1, -0.05) is 0 Å². The van der Waals surface area contributed by atoms with Crippen LogP contribution in [-0.2, 0) is 11.2 Å². The van der Waals surface area contributed by atoms with Crippen molar-refractivity contribution in [2.45, 2.75) is 19.4 Å². The topological polar surface area (TPSA) is 75.4 Å². The first-order chi connectivity index (χ1) is 10.1. The lowest BCUT2D eigenvalue weighted by Gasteiger charge is -2.12. The van der Waals surface area contributed by atoms with Crippen LogP contribution < -0.4 is 11.1 Å². The molecule has 0 bridgehead atoms. The van der Waals surface area contributed by atoms with Crippen molar-refractivity contribution in [2.24, 2.45) is 10.7 Å². The number of nitrogens with zero attached hydrogens (tertiary/aromatic N) is 1. The number of nitrogens with one attached hydrogen (secondary N) is 2. The van der Waals surface area contributed by atoms with Gasteiger partial charge in [-0.2, -0.15) is 0 Å². The summed E-state index contributed by atoms with van der Waals surface area (Å²) >= 11 is 0. The lowest BCUT2D eigenvalue weighted by molar-refractivity contribution is 0.179. The first-order valence-corrected chi connectivity index (χ1v) is 6.91. The van der Waals surface area contributed by atoms with Crippen LogP contribution in [0.4, 0.5) is 4.39 Å². The van der Waals surface area contributed by atoms with E-state index < -0.39 is 0 Å². The van der Waals surface area contributed by atoms with E-state index in [9.17, 15) is 4.39 Å². The molecule has 1 aromatic heterocycles. The molecule has 0 aliphatic rings. The van der Waals surface area contributed by atoms with Crippen LogP contribution in [0, 0.1) is 5.82 Å². The lowest BCUT2D eigenvalue weighted by Crippen LogP contribution is -2.40. The average molecular weight is 420 g/mol. The fourth-order valence-electron chi connectivity index (χ4n) is 2.25. The highest BCUT2D eigenvalue weighted by atomic mass is 127. The van der Waals surface area contributed by atoms with E-state index in [1.54, 1.807) is 13.2 Å². The second-order valence-corrected chi connectivity index (χ2v) is 5.02. The van der Waals surface area contributed by atoms with Gasteiger partial charge in [0.25, 0.3) is 0 Å². The fourth-order valence-corrected chi connectivity index (χ4v) is 2.25. The number of nitrogens with two attached hydrogens (primary N) is 1. The van der Waals surface area contributed by atoms with Gasteiger partial charge in [0, 0.05) is 36.8 Å². The molecule has 0 saturated carbocycles. The van der Waals surface area contributed by atoms with Gasteiger partial charge >= 0.3 is 0 Å². The Kier molecular flexibility index (Phi) is 7.60. The molecule has 1 heterocycles. The molecule has 0 fully saturated rings. The maximum absolute atomic E-state index is 13.1. The third kappa shape index (κ3) is 5.13. The Morgan fingerprint density at radius 1 is 1.50 bits per heavy atom. The minimum Gasteiger partial charge on any atom is -0.383 e. The molecule has 1 unspecified atom stereocenters. The summed E-state index contributed by atoms with van der Waals surface area (Å²) in [6.07, 6.45) is 2.63. The van der Waals surface area contributed by atoms with E-state index in [1.807, 2.05) is 13.1 Å². The number of aromatic nitrogens is 1. The summed E-state index contributed by atoms with van der Waals surface area (Å²) in [5.41, 5.74) is 7.71. The zero-order valence-corrected chi connectivity index (χ0v) is 15.1. The molecule has 5 nitrogen and oxygen atoms in total. The third-order valence-corrected chi connectivity index (χ3v) is 3.20. The normalized spacial score (nSPS) is 13.0. The van der Waals surface area contributed by atoms with Crippen LogP contribution in [0.3, 0.4) is 0 Å². The number of halogens is 2. The highest BCUT2D eigenvalue weighted by Gasteiger charge is 2.05. The summed E-state index contributed by atoms with van der Waals surface area (Å²) in [6.45, 7) is 3.12. The Bertz CT molecular complexity index is 629. The minimum atomic E-state index is -0.241. The smallest absolute Gasteiger partial charge is 0.188 e. The number of aromatic amines is 1. The summed E-state index contributed by atoms with van der Waals surface area (Å²) in [5.74, 6) is 0.167. The van der Waals surface area contributed by atoms with E-state index in [-0.39, 0.29) is 35.8 Å². The molecule has 122 valence electrons. The van der Waals surface area contributed by atoms with Crippen molar-refractivity contribution >= 4 is 40.8 Å². The Balaban J connectivity index is 0.00000242. The standard InChI is InChI=1S/C15H21FN4O.HI/c1-10(9-21-2)20-15(17)18-6-5-11-8-19-14-7-12(16)3-4-13(11)14;/h3-4,7-8,10,19H,5-6,9H2,1-2H3,(H3,17,18,20);1H. The summed E-state index contributed by atoms with van der Waals surface area (Å²) in [7, 11) is 1.64. The molecule has 0 aliphatic heterocycles. The van der Waals surface area contributed by atoms with Crippen LogP contribution in [0.25, 0.3) is 10.9 Å². The first-order valence-electron chi connectivity index (χ1n) is 6.91. The zero-order chi connectivity index (χ0) is 15.2. The molecule has 2 aromatic rings. The molecule has 22 heavy (non-hydrogen) atoms. The number of benzene rings is 1. The zero-order valence-electron chi connectivity index (χ0n) is 12.7. The number of methoxy groups -OCH3 is 1. The summed E-state index contributed by atoms with van der Waals surface area (Å²) in [6, 6.07) is 4.85. The van der Waals surface area contributed by atoms with E-state index in [2.05, 4.69) is 15.3 Å². The maximum Gasteiger partial charge on any atom is 0.188 e. The monoisotopic (exact) mass is 420 g/mol. The van der Waals surface area contributed by atoms with E-state index >= 15 is 0 Å². The van der Waals surface area contributed by atoms with Gasteiger partial charge in [0.1, 0.15) is 5.82 Å². The molecule has 7 heteroatoms. The Morgan fingerprint density at radius 3 is 3.00 bits per heavy atom. The Labute approximate surface area is 146 Å². The third-order valence-electron chi connectivity index (χ3n) is 3.20. The Hall–Kier alpha value is -1.35. The Morgan fingerprint density at radius 2 is 2.27 bits per heavy atom. The second kappa shape index (κ2) is 8.94. The van der Waals surface area contributed by atoms with Crippen molar-refractivity contribution in [1.29, 1.82) is 0 Å². The van der Waals surface area contributed by atoms with Crippen LogP contribution in [0.1, 0.15) is 12.5 Å². The second-order valence-electron chi connectivity index (χ2n) is 5.02. The SMILES string of the molecule is COCC(C)NC(N)=NCCc1c[nH]c2cc(F)ccc12.I. The highest BCUT2D eigenvalue weighted by molar-refractivity contribution is 14.0. The summed E-state index contributed by atoms with van der Waals surface area (Å²) in [4.78, 5) is 7.35. The number of fused-ring (bicyclic) bond motifs is 1. The van der Waals surface area contributed by atoms with Crippen LogP contribution in [0.2, 0.25) is 0 Å². The molecule has 4 N–H and O–H groups in total. The summed E-state index contributed by atoms with van der Waals surface area (Å²) < 4.78 is 18.1. The van der Waals surface area contributed by atoms with Gasteiger partial charge in [0.2, 0.25) is 0 Å². The number of guanidine groups is 1. The lowest BCUT2D eigenvalue weighted by atomic mass is 10.1. The molecule has 2 rings (SSSR count). The predicted molar refractivity (Wildman–Crippen MR) is 98.3 cm³/mol. The van der Waals surface area contributed by atoms with Crippen molar-refractivity contribution in [1.82, 2.24) is 10.3 Å². The van der Waals surface area contributed by atoms with Gasteiger partial charge in [0.15, 0.2) is 5.96 Å². The largest absolute Gasteiger partial charge is 0.383 e. The summed E-state index contributed by atoms with van der Waals surface area (Å²) in [5, 5.41) is 4.07. The van der Waals surface area contributed by atoms with Crippen LogP contribution in [-0.4, -0.2) is 37.2 Å². The molecular formula is C15H22FIN4O. The molecule has 1 aromatic carbocycles. The molecule has 1 atom stereocenters. The van der Waals surface area contributed by atoms with E-state index in [0.29, 0.717) is 19.1 Å². The van der Waals surface area contributed by atoms with Gasteiger partial charge in [-0.15, -0.1) is 24.0 Å². The van der Waals surface area contributed by atoms with Gasteiger partial charge < -0.3 is 20.8 Å². The molecule has 0 spiro atoms. The van der Waals surface area contributed by atoms with Gasteiger partial charge in [0.05, 0.1) is 6.61 Å². The first kappa shape index (κ1) is 18.7. The maximum atomic E-state index is 13.1. The molecule has 0 saturated heterocycles. The molecule has 0 radical (unpaired) electrons. The van der Waals surface area contributed by atoms with Crippen LogP contribution >= 0.6 is 24.0 Å². The van der Waals surface area contributed by atoms with Crippen LogP contribution in [0.5, 0.6) is 0 Å². The number of hydrogen-bond acceptors (Lipinski definition) is 2. The van der Waals surface area contributed by atoms with Gasteiger partial charge in [-0.3, -0.25) is 4.99 Å². The van der Waals surface area contributed by atoms with Gasteiger partial charge in [-0.05, 0) is 37.1 Å². The van der Waals surface area contributed by atoms with Crippen molar-refractivity contribution < 1.29 is 9.13 Å². The van der Waals surface area contributed by atoms with Gasteiger partial charge in [-0.25, -0.2) is 4.39 Å². The number of H-pyrrole nitrogens is 1. The van der Waals surface area contributed by atoms with E-state index in [4.69, 9.17) is 10.5 Å². The van der Waals surface area contributed by atoms with Crippen molar-refractivity contribution in [3.63, 3.8) is 0 Å². The quantitative estimate of drug-likeness (QED) is 0.382.